The van der Waals surface area contributed by atoms with Crippen LogP contribution in [0.25, 0.3) is 0 Å². The van der Waals surface area contributed by atoms with Crippen molar-refractivity contribution in [1.82, 2.24) is 5.32 Å². The Balaban J connectivity index is 0.990. The summed E-state index contributed by atoms with van der Waals surface area (Å²) in [7, 11) is 0. The van der Waals surface area contributed by atoms with E-state index in [9.17, 15) is 4.79 Å². The van der Waals surface area contributed by atoms with Gasteiger partial charge in [0.15, 0.2) is 6.29 Å². The molecular formula is C60H95NO6. The van der Waals surface area contributed by atoms with Crippen LogP contribution in [0.5, 0.6) is 0 Å². The SMILES string of the molecule is CCCCCCCCCCCCCCCCCCNC(=O)CCCCCCCCCCCCCCO[C@@H]1O[C@@H](C)[C@H](OCc2ccccc2)[C@@H](OCc2ccccc2)[C@H]1OCc1ccccc1. The fourth-order valence-corrected chi connectivity index (χ4v) is 9.35. The summed E-state index contributed by atoms with van der Waals surface area (Å²) in [5.41, 5.74) is 3.30. The quantitative estimate of drug-likeness (QED) is 0.0571. The van der Waals surface area contributed by atoms with Gasteiger partial charge < -0.3 is 29.0 Å². The lowest BCUT2D eigenvalue weighted by Gasteiger charge is -2.45. The van der Waals surface area contributed by atoms with Crippen molar-refractivity contribution in [2.75, 3.05) is 13.2 Å². The number of amides is 1. The van der Waals surface area contributed by atoms with Gasteiger partial charge in [-0.15, -0.1) is 0 Å². The van der Waals surface area contributed by atoms with Crippen molar-refractivity contribution in [3.05, 3.63) is 108 Å². The molecule has 0 spiro atoms. The third-order valence-electron chi connectivity index (χ3n) is 13.5. The molecular weight excluding hydrogens is 831 g/mol. The first-order valence-corrected chi connectivity index (χ1v) is 27.6. The monoisotopic (exact) mass is 926 g/mol. The zero-order valence-electron chi connectivity index (χ0n) is 42.5. The second kappa shape index (κ2) is 38.7. The fourth-order valence-electron chi connectivity index (χ4n) is 9.35. The minimum atomic E-state index is -0.563. The molecule has 1 amide bonds. The Morgan fingerprint density at radius 2 is 0.791 bits per heavy atom. The zero-order valence-corrected chi connectivity index (χ0v) is 42.5. The van der Waals surface area contributed by atoms with E-state index < -0.39 is 18.5 Å². The summed E-state index contributed by atoms with van der Waals surface area (Å²) >= 11 is 0. The van der Waals surface area contributed by atoms with E-state index in [4.69, 9.17) is 23.7 Å². The first-order chi connectivity index (χ1) is 33.1. The van der Waals surface area contributed by atoms with Crippen molar-refractivity contribution >= 4 is 5.91 Å². The number of carbonyl (C=O) groups is 1. The normalized spacial score (nSPS) is 18.3. The van der Waals surface area contributed by atoms with Crippen LogP contribution >= 0.6 is 0 Å². The molecule has 0 unspecified atom stereocenters. The topological polar surface area (TPSA) is 75.3 Å². The summed E-state index contributed by atoms with van der Waals surface area (Å²) in [6.45, 7) is 7.15. The molecule has 376 valence electrons. The zero-order chi connectivity index (χ0) is 47.1. The molecule has 5 atom stereocenters. The first-order valence-electron chi connectivity index (χ1n) is 27.6. The Morgan fingerprint density at radius 3 is 1.22 bits per heavy atom. The molecule has 0 radical (unpaired) electrons. The van der Waals surface area contributed by atoms with E-state index in [1.54, 1.807) is 0 Å². The van der Waals surface area contributed by atoms with Crippen LogP contribution in [0.15, 0.2) is 91.0 Å². The van der Waals surface area contributed by atoms with Crippen molar-refractivity contribution in [1.29, 1.82) is 0 Å². The third kappa shape index (κ3) is 27.1. The molecule has 1 N–H and O–H groups in total. The van der Waals surface area contributed by atoms with Crippen LogP contribution in [0, 0.1) is 0 Å². The smallest absolute Gasteiger partial charge is 0.219 e. The highest BCUT2D eigenvalue weighted by Crippen LogP contribution is 2.31. The average Bonchev–Trinajstić information content (AvgIpc) is 3.35. The maximum absolute atomic E-state index is 12.3. The van der Waals surface area contributed by atoms with Gasteiger partial charge in [-0.2, -0.15) is 0 Å². The molecule has 0 aromatic heterocycles. The maximum Gasteiger partial charge on any atom is 0.219 e. The highest BCUT2D eigenvalue weighted by atomic mass is 16.7. The van der Waals surface area contributed by atoms with Crippen LogP contribution in [0.2, 0.25) is 0 Å². The highest BCUT2D eigenvalue weighted by Gasteiger charge is 2.47. The molecule has 7 nitrogen and oxygen atoms in total. The van der Waals surface area contributed by atoms with Crippen molar-refractivity contribution in [2.45, 2.75) is 251 Å². The van der Waals surface area contributed by atoms with Gasteiger partial charge in [-0.05, 0) is 42.9 Å². The van der Waals surface area contributed by atoms with E-state index in [1.165, 1.54) is 154 Å². The minimum absolute atomic E-state index is 0.248. The Bertz CT molecular complexity index is 1560. The molecule has 1 saturated heterocycles. The molecule has 67 heavy (non-hydrogen) atoms. The van der Waals surface area contributed by atoms with Crippen LogP contribution in [-0.2, 0) is 48.3 Å². The minimum Gasteiger partial charge on any atom is -0.368 e. The largest absolute Gasteiger partial charge is 0.368 e. The van der Waals surface area contributed by atoms with Gasteiger partial charge in [-0.1, -0.05) is 258 Å². The van der Waals surface area contributed by atoms with Gasteiger partial charge in [-0.3, -0.25) is 4.79 Å². The molecule has 1 aliphatic rings. The van der Waals surface area contributed by atoms with Gasteiger partial charge in [-0.25, -0.2) is 0 Å². The van der Waals surface area contributed by atoms with E-state index in [-0.39, 0.29) is 18.1 Å². The molecule has 1 heterocycles. The summed E-state index contributed by atoms with van der Waals surface area (Å²) in [6, 6.07) is 30.8. The second-order valence-corrected chi connectivity index (χ2v) is 19.5. The molecule has 1 fully saturated rings. The van der Waals surface area contributed by atoms with Crippen molar-refractivity contribution in [2.24, 2.45) is 0 Å². The molecule has 3 aromatic carbocycles. The summed E-state index contributed by atoms with van der Waals surface area (Å²) < 4.78 is 33.1. The molecule has 4 rings (SSSR count). The average molecular weight is 926 g/mol. The first kappa shape index (κ1) is 56.5. The lowest BCUT2D eigenvalue weighted by molar-refractivity contribution is -0.320. The van der Waals surface area contributed by atoms with Crippen molar-refractivity contribution in [3.8, 4) is 0 Å². The van der Waals surface area contributed by atoms with E-state index >= 15 is 0 Å². The van der Waals surface area contributed by atoms with Crippen LogP contribution in [0.4, 0.5) is 0 Å². The molecule has 3 aromatic rings. The van der Waals surface area contributed by atoms with Crippen LogP contribution in [0.1, 0.15) is 217 Å². The standard InChI is InChI=1S/C60H95NO6/c1-3-4-5-6-7-8-9-10-11-12-14-17-20-23-26-38-47-61-56(62)46-37-25-22-19-16-13-15-18-21-24-27-39-48-63-60-59(66-51-55-44-35-30-36-45-55)58(65-50-54-42-33-29-34-43-54)57(52(2)67-60)64-49-53-40-31-28-32-41-53/h28-36,40-45,52,57-60H,3-27,37-39,46-51H2,1-2H3,(H,61,62)/t52-,57-,58+,59+,60+/m0/s1. The highest BCUT2D eigenvalue weighted by molar-refractivity contribution is 5.75. The fraction of sp³-hybridized carbons (Fsp3) is 0.683. The molecule has 0 bridgehead atoms. The van der Waals surface area contributed by atoms with Crippen molar-refractivity contribution < 1.29 is 28.5 Å². The van der Waals surface area contributed by atoms with E-state index in [1.807, 2.05) is 54.6 Å². The lowest BCUT2D eigenvalue weighted by Crippen LogP contribution is -2.60. The van der Waals surface area contributed by atoms with E-state index in [0.717, 1.165) is 48.9 Å². The van der Waals surface area contributed by atoms with Gasteiger partial charge in [0.05, 0.1) is 25.9 Å². The Hall–Kier alpha value is -3.07. The Morgan fingerprint density at radius 1 is 0.433 bits per heavy atom. The molecule has 0 aliphatic carbocycles. The van der Waals surface area contributed by atoms with Crippen molar-refractivity contribution in [3.63, 3.8) is 0 Å². The Kier molecular flexibility index (Phi) is 32.7. The molecule has 7 heteroatoms. The maximum atomic E-state index is 12.3. The summed E-state index contributed by atoms with van der Waals surface area (Å²) in [4.78, 5) is 12.3. The number of ether oxygens (including phenoxy) is 5. The second-order valence-electron chi connectivity index (χ2n) is 19.5. The predicted octanol–water partition coefficient (Wildman–Crippen LogP) is 16.0. The number of rotatable bonds is 42. The summed E-state index contributed by atoms with van der Waals surface area (Å²) in [5.74, 6) is 0.248. The van der Waals surface area contributed by atoms with Gasteiger partial charge in [0.2, 0.25) is 5.91 Å². The third-order valence-corrected chi connectivity index (χ3v) is 13.5. The number of hydrogen-bond acceptors (Lipinski definition) is 6. The van der Waals surface area contributed by atoms with Gasteiger partial charge in [0.1, 0.15) is 18.3 Å². The Labute approximate surface area is 409 Å². The van der Waals surface area contributed by atoms with Gasteiger partial charge in [0.25, 0.3) is 0 Å². The summed E-state index contributed by atoms with van der Waals surface area (Å²) in [6.07, 6.45) is 35.3. The molecule has 0 saturated carbocycles. The predicted molar refractivity (Wildman–Crippen MR) is 278 cm³/mol. The van der Waals surface area contributed by atoms with Gasteiger partial charge in [0, 0.05) is 19.6 Å². The number of hydrogen-bond donors (Lipinski definition) is 1. The number of benzene rings is 3. The number of carbonyl (C=O) groups excluding carboxylic acids is 1. The lowest BCUT2D eigenvalue weighted by atomic mass is 9.98. The molecule has 1 aliphatic heterocycles. The van der Waals surface area contributed by atoms with E-state index in [0.29, 0.717) is 32.8 Å². The van der Waals surface area contributed by atoms with Crippen LogP contribution < -0.4 is 5.32 Å². The van der Waals surface area contributed by atoms with E-state index in [2.05, 4.69) is 55.6 Å². The van der Waals surface area contributed by atoms with Crippen LogP contribution in [0.3, 0.4) is 0 Å². The van der Waals surface area contributed by atoms with Gasteiger partial charge >= 0.3 is 0 Å². The van der Waals surface area contributed by atoms with Crippen LogP contribution in [-0.4, -0.2) is 49.8 Å². The number of unbranched alkanes of at least 4 members (excludes halogenated alkanes) is 26. The number of nitrogens with one attached hydrogen (secondary N) is 1. The summed E-state index contributed by atoms with van der Waals surface area (Å²) in [5, 5.41) is 3.16.